The van der Waals surface area contributed by atoms with Crippen molar-refractivity contribution < 1.29 is 19.1 Å². The number of likely N-dealkylation sites (tertiary alicyclic amines) is 1. The maximum absolute atomic E-state index is 12.1. The van der Waals surface area contributed by atoms with Gasteiger partial charge in [0.2, 0.25) is 0 Å². The van der Waals surface area contributed by atoms with E-state index in [0.29, 0.717) is 13.1 Å². The predicted molar refractivity (Wildman–Crippen MR) is 82.1 cm³/mol. The number of hydrogen-bond donors (Lipinski definition) is 0. The lowest BCUT2D eigenvalue weighted by atomic mass is 9.85. The molecule has 1 aromatic carbocycles. The zero-order chi connectivity index (χ0) is 15.9. The largest absolute Gasteiger partial charge is 0.469 e. The predicted octanol–water partition coefficient (Wildman–Crippen LogP) is 2.84. The molecule has 1 fully saturated rings. The van der Waals surface area contributed by atoms with Crippen LogP contribution in [0.25, 0.3) is 0 Å². The summed E-state index contributed by atoms with van der Waals surface area (Å²) in [5, 5.41) is 0. The second-order valence-electron chi connectivity index (χ2n) is 5.68. The van der Waals surface area contributed by atoms with Gasteiger partial charge in [-0.05, 0) is 24.3 Å². The SMILES string of the molecule is COC(=O)[C@H](C)C1CCN(C(=O)OCc2ccccc2)CC1. The van der Waals surface area contributed by atoms with Crippen LogP contribution in [0.15, 0.2) is 30.3 Å². The molecule has 1 aliphatic heterocycles. The van der Waals surface area contributed by atoms with Gasteiger partial charge in [-0.15, -0.1) is 0 Å². The lowest BCUT2D eigenvalue weighted by Crippen LogP contribution is -2.41. The number of piperidine rings is 1. The molecule has 1 atom stereocenters. The summed E-state index contributed by atoms with van der Waals surface area (Å²) in [6.07, 6.45) is 1.32. The Kier molecular flexibility index (Phi) is 5.81. The molecular weight excluding hydrogens is 282 g/mol. The molecule has 0 bridgehead atoms. The van der Waals surface area contributed by atoms with Crippen molar-refractivity contribution in [3.05, 3.63) is 35.9 Å². The standard InChI is InChI=1S/C17H23NO4/c1-13(16(19)21-2)15-8-10-18(11-9-15)17(20)22-12-14-6-4-3-5-7-14/h3-7,13,15H,8-12H2,1-2H3/t13-/m1/s1. The van der Waals surface area contributed by atoms with Gasteiger partial charge in [0, 0.05) is 13.1 Å². The van der Waals surface area contributed by atoms with Crippen molar-refractivity contribution in [3.8, 4) is 0 Å². The van der Waals surface area contributed by atoms with Gasteiger partial charge in [-0.2, -0.15) is 0 Å². The van der Waals surface area contributed by atoms with E-state index in [2.05, 4.69) is 0 Å². The molecule has 1 aliphatic rings. The van der Waals surface area contributed by atoms with Crippen molar-refractivity contribution in [3.63, 3.8) is 0 Å². The molecule has 0 saturated carbocycles. The van der Waals surface area contributed by atoms with Gasteiger partial charge in [-0.1, -0.05) is 37.3 Å². The Labute approximate surface area is 131 Å². The van der Waals surface area contributed by atoms with Gasteiger partial charge in [-0.3, -0.25) is 4.79 Å². The fourth-order valence-electron chi connectivity index (χ4n) is 2.77. The molecule has 1 saturated heterocycles. The first kappa shape index (κ1) is 16.3. The van der Waals surface area contributed by atoms with Crippen molar-refractivity contribution in [1.82, 2.24) is 4.90 Å². The first-order chi connectivity index (χ1) is 10.6. The van der Waals surface area contributed by atoms with Crippen molar-refractivity contribution in [2.75, 3.05) is 20.2 Å². The molecule has 0 aromatic heterocycles. The van der Waals surface area contributed by atoms with Crippen LogP contribution >= 0.6 is 0 Å². The number of carbonyl (C=O) groups is 2. The van der Waals surface area contributed by atoms with Crippen LogP contribution in [0.2, 0.25) is 0 Å². The minimum Gasteiger partial charge on any atom is -0.469 e. The van der Waals surface area contributed by atoms with E-state index in [0.717, 1.165) is 18.4 Å². The van der Waals surface area contributed by atoms with Gasteiger partial charge >= 0.3 is 12.1 Å². The minimum atomic E-state index is -0.284. The molecule has 1 heterocycles. The molecule has 1 aromatic rings. The summed E-state index contributed by atoms with van der Waals surface area (Å²) in [5.41, 5.74) is 0.977. The molecule has 0 spiro atoms. The zero-order valence-corrected chi connectivity index (χ0v) is 13.2. The number of hydrogen-bond acceptors (Lipinski definition) is 4. The highest BCUT2D eigenvalue weighted by Gasteiger charge is 2.30. The molecule has 120 valence electrons. The van der Waals surface area contributed by atoms with Gasteiger partial charge in [-0.25, -0.2) is 4.79 Å². The highest BCUT2D eigenvalue weighted by molar-refractivity contribution is 5.72. The number of carbonyl (C=O) groups excluding carboxylic acids is 2. The van der Waals surface area contributed by atoms with Crippen LogP contribution in [0.1, 0.15) is 25.3 Å². The third kappa shape index (κ3) is 4.23. The monoisotopic (exact) mass is 305 g/mol. The highest BCUT2D eigenvalue weighted by Crippen LogP contribution is 2.26. The Bertz CT molecular complexity index is 495. The van der Waals surface area contributed by atoms with Crippen molar-refractivity contribution in [1.29, 1.82) is 0 Å². The quantitative estimate of drug-likeness (QED) is 0.803. The van der Waals surface area contributed by atoms with Crippen molar-refractivity contribution >= 4 is 12.1 Å². The van der Waals surface area contributed by atoms with Gasteiger partial charge in [0.15, 0.2) is 0 Å². The van der Waals surface area contributed by atoms with E-state index in [9.17, 15) is 9.59 Å². The molecule has 2 rings (SSSR count). The molecule has 0 unspecified atom stereocenters. The van der Waals surface area contributed by atoms with E-state index >= 15 is 0 Å². The van der Waals surface area contributed by atoms with E-state index in [1.807, 2.05) is 37.3 Å². The summed E-state index contributed by atoms with van der Waals surface area (Å²) in [6, 6.07) is 9.62. The molecule has 22 heavy (non-hydrogen) atoms. The first-order valence-electron chi connectivity index (χ1n) is 7.65. The van der Waals surface area contributed by atoms with Crippen LogP contribution in [-0.2, 0) is 20.9 Å². The average Bonchev–Trinajstić information content (AvgIpc) is 2.59. The second kappa shape index (κ2) is 7.82. The zero-order valence-electron chi connectivity index (χ0n) is 13.2. The average molecular weight is 305 g/mol. The Balaban J connectivity index is 1.76. The summed E-state index contributed by atoms with van der Waals surface area (Å²) in [7, 11) is 1.41. The van der Waals surface area contributed by atoms with Crippen LogP contribution in [0.5, 0.6) is 0 Å². The van der Waals surface area contributed by atoms with Crippen molar-refractivity contribution in [2.24, 2.45) is 11.8 Å². The van der Waals surface area contributed by atoms with Crippen LogP contribution in [0.4, 0.5) is 4.79 Å². The third-order valence-corrected chi connectivity index (χ3v) is 4.28. The van der Waals surface area contributed by atoms with Crippen LogP contribution < -0.4 is 0 Å². The fourth-order valence-corrected chi connectivity index (χ4v) is 2.77. The molecule has 5 heteroatoms. The molecule has 0 radical (unpaired) electrons. The minimum absolute atomic E-state index is 0.118. The summed E-state index contributed by atoms with van der Waals surface area (Å²) in [4.78, 5) is 25.3. The van der Waals surface area contributed by atoms with Crippen LogP contribution in [-0.4, -0.2) is 37.2 Å². The van der Waals surface area contributed by atoms with Crippen LogP contribution in [0, 0.1) is 11.8 Å². The maximum atomic E-state index is 12.1. The summed E-state index contributed by atoms with van der Waals surface area (Å²) < 4.78 is 10.1. The first-order valence-corrected chi connectivity index (χ1v) is 7.65. The number of methoxy groups -OCH3 is 1. The number of amides is 1. The van der Waals surface area contributed by atoms with Crippen LogP contribution in [0.3, 0.4) is 0 Å². The maximum Gasteiger partial charge on any atom is 0.410 e. The van der Waals surface area contributed by atoms with E-state index in [-0.39, 0.29) is 30.5 Å². The molecular formula is C17H23NO4. The molecule has 5 nitrogen and oxygen atoms in total. The summed E-state index contributed by atoms with van der Waals surface area (Å²) in [5.74, 6) is -0.0248. The van der Waals surface area contributed by atoms with E-state index in [1.165, 1.54) is 7.11 Å². The summed E-state index contributed by atoms with van der Waals surface area (Å²) >= 11 is 0. The molecule has 0 N–H and O–H groups in total. The lowest BCUT2D eigenvalue weighted by Gasteiger charge is -2.33. The Hall–Kier alpha value is -2.04. The topological polar surface area (TPSA) is 55.8 Å². The Morgan fingerprint density at radius 1 is 1.23 bits per heavy atom. The fraction of sp³-hybridized carbons (Fsp3) is 0.529. The number of nitrogens with zero attached hydrogens (tertiary/aromatic N) is 1. The molecule has 1 amide bonds. The van der Waals surface area contributed by atoms with Crippen molar-refractivity contribution in [2.45, 2.75) is 26.4 Å². The third-order valence-electron chi connectivity index (χ3n) is 4.28. The summed E-state index contributed by atoms with van der Waals surface area (Å²) in [6.45, 7) is 3.43. The van der Waals surface area contributed by atoms with E-state index < -0.39 is 0 Å². The highest BCUT2D eigenvalue weighted by atomic mass is 16.6. The second-order valence-corrected chi connectivity index (χ2v) is 5.68. The number of esters is 1. The number of benzene rings is 1. The number of ether oxygens (including phenoxy) is 2. The van der Waals surface area contributed by atoms with Gasteiger partial charge in [0.25, 0.3) is 0 Å². The lowest BCUT2D eigenvalue weighted by molar-refractivity contribution is -0.147. The Morgan fingerprint density at radius 2 is 1.86 bits per heavy atom. The van der Waals surface area contributed by atoms with Gasteiger partial charge < -0.3 is 14.4 Å². The normalized spacial score (nSPS) is 16.9. The molecule has 0 aliphatic carbocycles. The smallest absolute Gasteiger partial charge is 0.410 e. The van der Waals surface area contributed by atoms with Gasteiger partial charge in [0.1, 0.15) is 6.61 Å². The van der Waals surface area contributed by atoms with E-state index in [4.69, 9.17) is 9.47 Å². The van der Waals surface area contributed by atoms with E-state index in [1.54, 1.807) is 4.90 Å². The van der Waals surface area contributed by atoms with Gasteiger partial charge in [0.05, 0.1) is 13.0 Å². The number of rotatable bonds is 4. The Morgan fingerprint density at radius 3 is 2.45 bits per heavy atom.